The normalized spacial score (nSPS) is 10.6. The molecule has 0 bridgehead atoms. The molecule has 0 aliphatic heterocycles. The molecule has 0 aliphatic carbocycles. The maximum absolute atomic E-state index is 12.4. The SMILES string of the molecule is COc1ccc(C=CC(=O)Nc2cccc(OCc3ccncc3)c2Cl)cc1OC(C)=O. The zero-order valence-corrected chi connectivity index (χ0v) is 18.3. The fourth-order valence-electron chi connectivity index (χ4n) is 2.74. The molecule has 3 rings (SSSR count). The van der Waals surface area contributed by atoms with Gasteiger partial charge in [-0.2, -0.15) is 0 Å². The molecule has 0 atom stereocenters. The average molecular weight is 453 g/mol. The Balaban J connectivity index is 1.67. The Kier molecular flexibility index (Phi) is 7.83. The van der Waals surface area contributed by atoms with Gasteiger partial charge in [0.05, 0.1) is 12.8 Å². The first-order chi connectivity index (χ1) is 15.5. The summed E-state index contributed by atoms with van der Waals surface area (Å²) < 4.78 is 16.1. The molecule has 0 aliphatic rings. The van der Waals surface area contributed by atoms with Crippen LogP contribution in [0, 0.1) is 0 Å². The predicted octanol–water partition coefficient (Wildman–Crippen LogP) is 4.90. The van der Waals surface area contributed by atoms with Gasteiger partial charge in [-0.25, -0.2) is 0 Å². The summed E-state index contributed by atoms with van der Waals surface area (Å²) in [4.78, 5) is 27.6. The van der Waals surface area contributed by atoms with E-state index in [4.69, 9.17) is 25.8 Å². The van der Waals surface area contributed by atoms with Crippen molar-refractivity contribution >= 4 is 35.2 Å². The zero-order chi connectivity index (χ0) is 22.9. The number of anilines is 1. The van der Waals surface area contributed by atoms with Gasteiger partial charge in [0.15, 0.2) is 11.5 Å². The lowest BCUT2D eigenvalue weighted by molar-refractivity contribution is -0.132. The summed E-state index contributed by atoms with van der Waals surface area (Å²) in [5.41, 5.74) is 2.02. The molecule has 1 heterocycles. The van der Waals surface area contributed by atoms with Gasteiger partial charge in [-0.1, -0.05) is 23.7 Å². The fourth-order valence-corrected chi connectivity index (χ4v) is 2.96. The average Bonchev–Trinajstić information content (AvgIpc) is 2.79. The van der Waals surface area contributed by atoms with Crippen LogP contribution in [-0.4, -0.2) is 24.0 Å². The number of rotatable bonds is 8. The molecule has 0 radical (unpaired) electrons. The van der Waals surface area contributed by atoms with E-state index >= 15 is 0 Å². The van der Waals surface area contributed by atoms with E-state index in [0.29, 0.717) is 34.4 Å². The van der Waals surface area contributed by atoms with Crippen molar-refractivity contribution in [3.05, 3.63) is 83.2 Å². The van der Waals surface area contributed by atoms with E-state index in [-0.39, 0.29) is 11.7 Å². The second kappa shape index (κ2) is 11.0. The minimum absolute atomic E-state index is 0.268. The number of hydrogen-bond acceptors (Lipinski definition) is 6. The molecule has 2 aromatic carbocycles. The topological polar surface area (TPSA) is 86.8 Å². The number of pyridine rings is 1. The van der Waals surface area contributed by atoms with Crippen molar-refractivity contribution in [3.8, 4) is 17.2 Å². The Morgan fingerprint density at radius 2 is 1.84 bits per heavy atom. The Bertz CT molecular complexity index is 1130. The van der Waals surface area contributed by atoms with Crippen LogP contribution in [0.5, 0.6) is 17.2 Å². The molecule has 3 aromatic rings. The van der Waals surface area contributed by atoms with Crippen molar-refractivity contribution in [2.24, 2.45) is 0 Å². The highest BCUT2D eigenvalue weighted by molar-refractivity contribution is 6.35. The quantitative estimate of drug-likeness (QED) is 0.297. The summed E-state index contributed by atoms with van der Waals surface area (Å²) in [5, 5.41) is 3.03. The van der Waals surface area contributed by atoms with E-state index in [2.05, 4.69) is 10.3 Å². The molecule has 0 fully saturated rings. The van der Waals surface area contributed by atoms with Crippen LogP contribution in [0.4, 0.5) is 5.69 Å². The van der Waals surface area contributed by atoms with Crippen molar-refractivity contribution in [2.75, 3.05) is 12.4 Å². The van der Waals surface area contributed by atoms with Gasteiger partial charge in [-0.3, -0.25) is 14.6 Å². The van der Waals surface area contributed by atoms with Crippen LogP contribution >= 0.6 is 11.6 Å². The number of carbonyl (C=O) groups is 2. The van der Waals surface area contributed by atoms with Gasteiger partial charge < -0.3 is 19.5 Å². The second-order valence-corrected chi connectivity index (χ2v) is 6.97. The number of ether oxygens (including phenoxy) is 3. The maximum atomic E-state index is 12.4. The Hall–Kier alpha value is -3.84. The zero-order valence-electron chi connectivity index (χ0n) is 17.5. The third-order valence-electron chi connectivity index (χ3n) is 4.23. The first-order valence-corrected chi connectivity index (χ1v) is 10.00. The molecule has 164 valence electrons. The smallest absolute Gasteiger partial charge is 0.308 e. The Morgan fingerprint density at radius 1 is 1.06 bits per heavy atom. The lowest BCUT2D eigenvalue weighted by atomic mass is 10.2. The predicted molar refractivity (Wildman–Crippen MR) is 122 cm³/mol. The molecule has 7 nitrogen and oxygen atoms in total. The van der Waals surface area contributed by atoms with Gasteiger partial charge in [0.2, 0.25) is 5.91 Å². The maximum Gasteiger partial charge on any atom is 0.308 e. The van der Waals surface area contributed by atoms with Crippen molar-refractivity contribution < 1.29 is 23.8 Å². The number of benzene rings is 2. The van der Waals surface area contributed by atoms with Crippen LogP contribution in [0.15, 0.2) is 67.0 Å². The molecule has 0 saturated carbocycles. The Morgan fingerprint density at radius 3 is 2.56 bits per heavy atom. The lowest BCUT2D eigenvalue weighted by Gasteiger charge is -2.11. The van der Waals surface area contributed by atoms with E-state index in [1.807, 2.05) is 12.1 Å². The number of nitrogens with one attached hydrogen (secondary N) is 1. The summed E-state index contributed by atoms with van der Waals surface area (Å²) in [7, 11) is 1.48. The number of halogens is 1. The minimum atomic E-state index is -0.470. The molecular formula is C24H21ClN2O5. The first-order valence-electron chi connectivity index (χ1n) is 9.62. The minimum Gasteiger partial charge on any atom is -0.493 e. The molecule has 32 heavy (non-hydrogen) atoms. The Labute approximate surface area is 190 Å². The largest absolute Gasteiger partial charge is 0.493 e. The number of amides is 1. The van der Waals surface area contributed by atoms with Gasteiger partial charge >= 0.3 is 5.97 Å². The van der Waals surface area contributed by atoms with Gasteiger partial charge in [0.25, 0.3) is 0 Å². The summed E-state index contributed by atoms with van der Waals surface area (Å²) >= 11 is 6.40. The highest BCUT2D eigenvalue weighted by Gasteiger charge is 2.10. The first kappa shape index (κ1) is 22.8. The number of aromatic nitrogens is 1. The van der Waals surface area contributed by atoms with Crippen LogP contribution in [0.3, 0.4) is 0 Å². The van der Waals surface area contributed by atoms with Crippen molar-refractivity contribution in [3.63, 3.8) is 0 Å². The van der Waals surface area contributed by atoms with Crippen molar-refractivity contribution in [1.29, 1.82) is 0 Å². The van der Waals surface area contributed by atoms with Crippen LogP contribution in [0.25, 0.3) is 6.08 Å². The van der Waals surface area contributed by atoms with Crippen molar-refractivity contribution in [1.82, 2.24) is 4.98 Å². The van der Waals surface area contributed by atoms with Crippen LogP contribution in [0.2, 0.25) is 5.02 Å². The van der Waals surface area contributed by atoms with E-state index < -0.39 is 5.97 Å². The highest BCUT2D eigenvalue weighted by Crippen LogP contribution is 2.33. The molecule has 1 aromatic heterocycles. The standard InChI is InChI=1S/C24H21ClN2O5/c1-16(28)32-22-14-17(6-8-20(22)30-2)7-9-23(29)27-19-4-3-5-21(24(19)25)31-15-18-10-12-26-13-11-18/h3-14H,15H2,1-2H3,(H,27,29). The summed E-state index contributed by atoms with van der Waals surface area (Å²) in [5.74, 6) is 0.277. The molecule has 0 spiro atoms. The van der Waals surface area contributed by atoms with E-state index in [1.54, 1.807) is 54.9 Å². The fraction of sp³-hybridized carbons (Fsp3) is 0.125. The highest BCUT2D eigenvalue weighted by atomic mass is 35.5. The van der Waals surface area contributed by atoms with Crippen LogP contribution in [0.1, 0.15) is 18.1 Å². The number of nitrogens with zero attached hydrogens (tertiary/aromatic N) is 1. The third kappa shape index (κ3) is 6.33. The summed E-state index contributed by atoms with van der Waals surface area (Å²) in [6.07, 6.45) is 6.29. The summed E-state index contributed by atoms with van der Waals surface area (Å²) in [6.45, 7) is 1.62. The van der Waals surface area contributed by atoms with Gasteiger partial charge in [0.1, 0.15) is 17.4 Å². The second-order valence-electron chi connectivity index (χ2n) is 6.59. The van der Waals surface area contributed by atoms with E-state index in [1.165, 1.54) is 20.1 Å². The number of esters is 1. The third-order valence-corrected chi connectivity index (χ3v) is 4.62. The van der Waals surface area contributed by atoms with Crippen LogP contribution < -0.4 is 19.5 Å². The molecule has 1 amide bonds. The monoisotopic (exact) mass is 452 g/mol. The van der Waals surface area contributed by atoms with Gasteiger partial charge in [0, 0.05) is 25.4 Å². The van der Waals surface area contributed by atoms with Gasteiger partial charge in [-0.05, 0) is 53.6 Å². The van der Waals surface area contributed by atoms with Gasteiger partial charge in [-0.15, -0.1) is 0 Å². The molecular weight excluding hydrogens is 432 g/mol. The molecule has 1 N–H and O–H groups in total. The van der Waals surface area contributed by atoms with E-state index in [0.717, 1.165) is 5.56 Å². The van der Waals surface area contributed by atoms with Crippen molar-refractivity contribution in [2.45, 2.75) is 13.5 Å². The number of hydrogen-bond donors (Lipinski definition) is 1. The molecule has 0 saturated heterocycles. The lowest BCUT2D eigenvalue weighted by Crippen LogP contribution is -2.08. The molecule has 0 unspecified atom stereocenters. The molecule has 8 heteroatoms. The number of methoxy groups -OCH3 is 1. The van der Waals surface area contributed by atoms with Crippen LogP contribution in [-0.2, 0) is 16.2 Å². The summed E-state index contributed by atoms with van der Waals surface area (Å²) in [6, 6.07) is 13.8. The van der Waals surface area contributed by atoms with E-state index in [9.17, 15) is 9.59 Å². The number of carbonyl (C=O) groups excluding carboxylic acids is 2.